The Bertz CT molecular complexity index is 1140. The number of nitrogens with zero attached hydrogens (tertiary/aromatic N) is 2. The number of amides is 2. The fourth-order valence-corrected chi connectivity index (χ4v) is 3.66. The number of methoxy groups -OCH3 is 1. The maximum Gasteiger partial charge on any atom is 0.279 e. The minimum Gasteiger partial charge on any atom is -0.497 e. The number of carbonyl (C=O) groups excluding carboxylic acids is 2. The molecule has 2 aromatic carbocycles. The van der Waals surface area contributed by atoms with Crippen LogP contribution >= 0.6 is 11.3 Å². The highest BCUT2D eigenvalue weighted by molar-refractivity contribution is 7.16. The topological polar surface area (TPSA) is 72.7 Å². The minimum absolute atomic E-state index is 0.152. The fraction of sp³-hybridized carbons (Fsp3) is 0.150. The molecular weight excluding hydrogens is 362 g/mol. The molecule has 0 spiro atoms. The van der Waals surface area contributed by atoms with E-state index in [1.807, 2.05) is 12.1 Å². The molecule has 0 radical (unpaired) electrons. The number of ether oxygens (including phenoxy) is 1. The zero-order chi connectivity index (χ0) is 19.4. The maximum atomic E-state index is 12.6. The summed E-state index contributed by atoms with van der Waals surface area (Å²) in [6, 6.07) is 12.3. The van der Waals surface area contributed by atoms with Crippen LogP contribution in [0.2, 0.25) is 0 Å². The van der Waals surface area contributed by atoms with Gasteiger partial charge >= 0.3 is 0 Å². The number of carbonyl (C=O) groups is 2. The van der Waals surface area contributed by atoms with Crippen molar-refractivity contribution >= 4 is 39.1 Å². The van der Waals surface area contributed by atoms with Crippen LogP contribution in [0, 0.1) is 12.3 Å². The van der Waals surface area contributed by atoms with Gasteiger partial charge in [0.05, 0.1) is 23.9 Å². The Morgan fingerprint density at radius 2 is 2.11 bits per heavy atom. The molecule has 3 rings (SSSR count). The van der Waals surface area contributed by atoms with Gasteiger partial charge in [-0.3, -0.25) is 9.59 Å². The van der Waals surface area contributed by atoms with Crippen molar-refractivity contribution in [3.63, 3.8) is 0 Å². The lowest BCUT2D eigenvalue weighted by Crippen LogP contribution is -2.16. The number of fused-ring (bicyclic) bond motifs is 1. The first kappa shape index (κ1) is 18.4. The highest BCUT2D eigenvalue weighted by Gasteiger charge is 2.10. The third-order valence-corrected chi connectivity index (χ3v) is 4.81. The van der Waals surface area contributed by atoms with Gasteiger partial charge in [0.1, 0.15) is 5.75 Å². The molecule has 7 heteroatoms. The van der Waals surface area contributed by atoms with E-state index in [1.54, 1.807) is 42.0 Å². The molecule has 136 valence electrons. The second-order valence-electron chi connectivity index (χ2n) is 5.69. The van der Waals surface area contributed by atoms with E-state index >= 15 is 0 Å². The van der Waals surface area contributed by atoms with Gasteiger partial charge in [0.2, 0.25) is 5.91 Å². The molecular formula is C20H17N3O3S. The molecule has 0 fully saturated rings. The van der Waals surface area contributed by atoms with Crippen molar-refractivity contribution in [2.45, 2.75) is 13.5 Å². The van der Waals surface area contributed by atoms with Gasteiger partial charge in [-0.1, -0.05) is 23.3 Å². The summed E-state index contributed by atoms with van der Waals surface area (Å²) in [7, 11) is 1.54. The lowest BCUT2D eigenvalue weighted by Gasteiger charge is -2.03. The Labute approximate surface area is 160 Å². The molecule has 1 N–H and O–H groups in total. The van der Waals surface area contributed by atoms with Crippen LogP contribution in [0.3, 0.4) is 0 Å². The van der Waals surface area contributed by atoms with Gasteiger partial charge in [-0.2, -0.15) is 4.99 Å². The first-order valence-electron chi connectivity index (χ1n) is 8.09. The summed E-state index contributed by atoms with van der Waals surface area (Å²) in [5.41, 5.74) is 1.96. The largest absolute Gasteiger partial charge is 0.497 e. The Kier molecular flexibility index (Phi) is 5.38. The van der Waals surface area contributed by atoms with Gasteiger partial charge in [-0.15, -0.1) is 6.42 Å². The molecule has 1 aromatic heterocycles. The predicted octanol–water partition coefficient (Wildman–Crippen LogP) is 3.04. The number of anilines is 1. The highest BCUT2D eigenvalue weighted by atomic mass is 32.1. The van der Waals surface area contributed by atoms with E-state index < -0.39 is 0 Å². The highest BCUT2D eigenvalue weighted by Crippen LogP contribution is 2.22. The molecule has 6 nitrogen and oxygen atoms in total. The summed E-state index contributed by atoms with van der Waals surface area (Å²) >= 11 is 1.34. The van der Waals surface area contributed by atoms with Gasteiger partial charge in [-0.25, -0.2) is 0 Å². The summed E-state index contributed by atoms with van der Waals surface area (Å²) in [6.45, 7) is 1.73. The molecule has 1 heterocycles. The zero-order valence-electron chi connectivity index (χ0n) is 14.9. The normalized spacial score (nSPS) is 11.2. The maximum absolute atomic E-state index is 12.6. The number of terminal acetylenes is 1. The summed E-state index contributed by atoms with van der Waals surface area (Å²) in [4.78, 5) is 28.6. The number of hydrogen-bond donors (Lipinski definition) is 1. The zero-order valence-corrected chi connectivity index (χ0v) is 15.7. The van der Waals surface area contributed by atoms with Gasteiger partial charge in [0.25, 0.3) is 5.91 Å². The second-order valence-corrected chi connectivity index (χ2v) is 6.70. The molecule has 0 aliphatic rings. The van der Waals surface area contributed by atoms with Crippen LogP contribution in [0.4, 0.5) is 5.69 Å². The Hall–Kier alpha value is -3.37. The van der Waals surface area contributed by atoms with Crippen LogP contribution in [0.1, 0.15) is 17.3 Å². The second kappa shape index (κ2) is 7.89. The molecule has 3 aromatic rings. The SMILES string of the molecule is C#CCn1c(=NC(=O)c2cccc(OC)c2)sc2cc(NC(C)=O)ccc21. The summed E-state index contributed by atoms with van der Waals surface area (Å²) in [6.07, 6.45) is 5.49. The molecule has 0 unspecified atom stereocenters. The van der Waals surface area contributed by atoms with Gasteiger partial charge < -0.3 is 14.6 Å². The van der Waals surface area contributed by atoms with Gasteiger partial charge in [0.15, 0.2) is 4.80 Å². The number of hydrogen-bond acceptors (Lipinski definition) is 4. The van der Waals surface area contributed by atoms with Crippen molar-refractivity contribution in [2.75, 3.05) is 12.4 Å². The number of aromatic nitrogens is 1. The van der Waals surface area contributed by atoms with Crippen molar-refractivity contribution in [3.8, 4) is 18.1 Å². The number of benzene rings is 2. The van der Waals surface area contributed by atoms with Crippen LogP contribution in [-0.2, 0) is 11.3 Å². The van der Waals surface area contributed by atoms with Crippen LogP contribution in [0.15, 0.2) is 47.5 Å². The standard InChI is InChI=1S/C20H17N3O3S/c1-4-10-23-17-9-8-15(21-13(2)24)12-18(17)27-20(23)22-19(25)14-6-5-7-16(11-14)26-3/h1,5-9,11-12H,10H2,2-3H3,(H,21,24). The van der Waals surface area contributed by atoms with E-state index in [0.29, 0.717) is 21.8 Å². The molecule has 27 heavy (non-hydrogen) atoms. The quantitative estimate of drug-likeness (QED) is 0.708. The molecule has 0 aliphatic heterocycles. The van der Waals surface area contributed by atoms with Gasteiger partial charge in [0, 0.05) is 18.2 Å². The summed E-state index contributed by atoms with van der Waals surface area (Å²) < 4.78 is 7.82. The number of nitrogens with one attached hydrogen (secondary N) is 1. The van der Waals surface area contributed by atoms with Crippen LogP contribution in [0.25, 0.3) is 10.2 Å². The Morgan fingerprint density at radius 3 is 2.81 bits per heavy atom. The van der Waals surface area contributed by atoms with E-state index in [9.17, 15) is 9.59 Å². The van der Waals surface area contributed by atoms with E-state index in [4.69, 9.17) is 11.2 Å². The van der Waals surface area contributed by atoms with Crippen LogP contribution < -0.4 is 14.9 Å². The van der Waals surface area contributed by atoms with Crippen molar-refractivity contribution < 1.29 is 14.3 Å². The van der Waals surface area contributed by atoms with Crippen molar-refractivity contribution in [1.29, 1.82) is 0 Å². The third kappa shape index (κ3) is 4.07. The van der Waals surface area contributed by atoms with E-state index in [0.717, 1.165) is 10.2 Å². The molecule has 2 amide bonds. The molecule has 0 atom stereocenters. The van der Waals surface area contributed by atoms with Crippen molar-refractivity contribution in [1.82, 2.24) is 4.57 Å². The molecule has 0 aliphatic carbocycles. The summed E-state index contributed by atoms with van der Waals surface area (Å²) in [5, 5.41) is 2.74. The first-order valence-corrected chi connectivity index (χ1v) is 8.91. The van der Waals surface area contributed by atoms with Crippen LogP contribution in [0.5, 0.6) is 5.75 Å². The van der Waals surface area contributed by atoms with Gasteiger partial charge in [-0.05, 0) is 36.4 Å². The van der Waals surface area contributed by atoms with E-state index in [-0.39, 0.29) is 18.4 Å². The molecule has 0 saturated heterocycles. The predicted molar refractivity (Wildman–Crippen MR) is 106 cm³/mol. The molecule has 0 saturated carbocycles. The van der Waals surface area contributed by atoms with E-state index in [1.165, 1.54) is 18.3 Å². The van der Waals surface area contributed by atoms with E-state index in [2.05, 4.69) is 16.2 Å². The summed E-state index contributed by atoms with van der Waals surface area (Å²) in [5.74, 6) is 2.64. The number of thiazole rings is 1. The third-order valence-electron chi connectivity index (χ3n) is 3.77. The average molecular weight is 379 g/mol. The Morgan fingerprint density at radius 1 is 1.30 bits per heavy atom. The lowest BCUT2D eigenvalue weighted by molar-refractivity contribution is -0.114. The minimum atomic E-state index is -0.381. The first-order chi connectivity index (χ1) is 13.0. The smallest absolute Gasteiger partial charge is 0.279 e. The van der Waals surface area contributed by atoms with Crippen molar-refractivity contribution in [3.05, 3.63) is 52.8 Å². The monoisotopic (exact) mass is 379 g/mol. The average Bonchev–Trinajstić information content (AvgIpc) is 2.98. The molecule has 0 bridgehead atoms. The van der Waals surface area contributed by atoms with Crippen LogP contribution in [-0.4, -0.2) is 23.5 Å². The Balaban J connectivity index is 2.09. The lowest BCUT2D eigenvalue weighted by atomic mass is 10.2. The fourth-order valence-electron chi connectivity index (χ4n) is 2.59. The van der Waals surface area contributed by atoms with Crippen molar-refractivity contribution in [2.24, 2.45) is 4.99 Å². The number of rotatable bonds is 4.